The van der Waals surface area contributed by atoms with Gasteiger partial charge in [-0.15, -0.1) is 0 Å². The van der Waals surface area contributed by atoms with Crippen LogP contribution in [0.25, 0.3) is 0 Å². The predicted molar refractivity (Wildman–Crippen MR) is 85.9 cm³/mol. The zero-order valence-electron chi connectivity index (χ0n) is 12.2. The van der Waals surface area contributed by atoms with Crippen LogP contribution in [0.2, 0.25) is 0 Å². The molecule has 6 heteroatoms. The molecular weight excluding hydrogens is 272 g/mol. The molecule has 20 heavy (non-hydrogen) atoms. The third-order valence-electron chi connectivity index (χ3n) is 2.92. The van der Waals surface area contributed by atoms with Gasteiger partial charge < -0.3 is 16.4 Å². The summed E-state index contributed by atoms with van der Waals surface area (Å²) in [6, 6.07) is 3.84. The highest BCUT2D eigenvalue weighted by Crippen LogP contribution is 2.10. The van der Waals surface area contributed by atoms with Crippen LogP contribution in [0.15, 0.2) is 12.1 Å². The van der Waals surface area contributed by atoms with Crippen LogP contribution >= 0.6 is 12.2 Å². The van der Waals surface area contributed by atoms with Gasteiger partial charge in [-0.25, -0.2) is 4.98 Å². The molecule has 1 atom stereocenters. The topological polar surface area (TPSA) is 80.0 Å². The maximum atomic E-state index is 11.6. The zero-order valence-corrected chi connectivity index (χ0v) is 13.0. The Morgan fingerprint density at radius 3 is 2.80 bits per heavy atom. The van der Waals surface area contributed by atoms with E-state index in [1.807, 2.05) is 26.8 Å². The van der Waals surface area contributed by atoms with Gasteiger partial charge in [0.2, 0.25) is 5.91 Å². The van der Waals surface area contributed by atoms with Crippen LogP contribution in [-0.4, -0.2) is 28.5 Å². The Bertz CT molecular complexity index is 490. The zero-order chi connectivity index (χ0) is 15.1. The van der Waals surface area contributed by atoms with E-state index >= 15 is 0 Å². The molecule has 1 rings (SSSR count). The van der Waals surface area contributed by atoms with Crippen LogP contribution in [-0.2, 0) is 4.79 Å². The predicted octanol–water partition coefficient (Wildman–Crippen LogP) is 1.74. The molecule has 0 aromatic carbocycles. The van der Waals surface area contributed by atoms with E-state index in [0.29, 0.717) is 23.8 Å². The average Bonchev–Trinajstić information content (AvgIpc) is 2.37. The normalized spacial score (nSPS) is 11.8. The monoisotopic (exact) mass is 294 g/mol. The molecule has 110 valence electrons. The van der Waals surface area contributed by atoms with E-state index in [1.54, 1.807) is 6.07 Å². The first-order chi connectivity index (χ1) is 9.42. The van der Waals surface area contributed by atoms with E-state index in [1.165, 1.54) is 0 Å². The number of thiocarbonyl (C=S) groups is 1. The number of anilines is 1. The Hall–Kier alpha value is -1.69. The molecule has 0 spiro atoms. The van der Waals surface area contributed by atoms with E-state index in [9.17, 15) is 4.79 Å². The number of aryl methyl sites for hydroxylation is 1. The Balaban J connectivity index is 2.50. The van der Waals surface area contributed by atoms with Crippen molar-refractivity contribution in [2.45, 2.75) is 39.7 Å². The lowest BCUT2D eigenvalue weighted by atomic mass is 10.2. The molecule has 4 N–H and O–H groups in total. The fourth-order valence-electron chi connectivity index (χ4n) is 1.65. The van der Waals surface area contributed by atoms with Crippen molar-refractivity contribution in [1.29, 1.82) is 0 Å². The number of amides is 1. The van der Waals surface area contributed by atoms with Crippen LogP contribution < -0.4 is 16.4 Å². The maximum absolute atomic E-state index is 11.6. The smallest absolute Gasteiger partial charge is 0.221 e. The summed E-state index contributed by atoms with van der Waals surface area (Å²) in [5.41, 5.74) is 7.22. The number of rotatable bonds is 7. The van der Waals surface area contributed by atoms with Gasteiger partial charge in [0.25, 0.3) is 0 Å². The summed E-state index contributed by atoms with van der Waals surface area (Å²) in [6.07, 6.45) is 1.33. The molecule has 0 aliphatic rings. The maximum Gasteiger partial charge on any atom is 0.221 e. The molecule has 1 amide bonds. The first kappa shape index (κ1) is 16.4. The number of nitrogens with two attached hydrogens (primary N) is 1. The van der Waals surface area contributed by atoms with Crippen LogP contribution in [0.5, 0.6) is 0 Å². The number of hydrogen-bond donors (Lipinski definition) is 3. The average molecular weight is 294 g/mol. The quantitative estimate of drug-likeness (QED) is 0.668. The van der Waals surface area contributed by atoms with Crippen molar-refractivity contribution < 1.29 is 4.79 Å². The summed E-state index contributed by atoms with van der Waals surface area (Å²) in [7, 11) is 0. The van der Waals surface area contributed by atoms with Crippen LogP contribution in [0, 0.1) is 6.92 Å². The van der Waals surface area contributed by atoms with E-state index < -0.39 is 0 Å². The van der Waals surface area contributed by atoms with Crippen LogP contribution in [0.1, 0.15) is 37.9 Å². The molecule has 5 nitrogen and oxygen atoms in total. The van der Waals surface area contributed by atoms with Gasteiger partial charge in [-0.2, -0.15) is 0 Å². The van der Waals surface area contributed by atoms with E-state index in [-0.39, 0.29) is 11.9 Å². The minimum atomic E-state index is 0.0362. The molecule has 0 bridgehead atoms. The number of hydrogen-bond acceptors (Lipinski definition) is 4. The van der Waals surface area contributed by atoms with E-state index in [0.717, 1.165) is 17.7 Å². The SMILES string of the molecule is CCC(C)NC(=O)CCNc1cc(C(N)=S)cc(C)n1. The third kappa shape index (κ3) is 5.52. The molecule has 1 aromatic heterocycles. The van der Waals surface area contributed by atoms with Crippen molar-refractivity contribution in [3.63, 3.8) is 0 Å². The fraction of sp³-hybridized carbons (Fsp3) is 0.500. The number of nitrogens with one attached hydrogen (secondary N) is 2. The lowest BCUT2D eigenvalue weighted by molar-refractivity contribution is -0.121. The Kier molecular flexibility index (Phi) is 6.38. The van der Waals surface area contributed by atoms with Crippen molar-refractivity contribution in [3.8, 4) is 0 Å². The summed E-state index contributed by atoms with van der Waals surface area (Å²) in [4.78, 5) is 16.3. The fourth-order valence-corrected chi connectivity index (χ4v) is 1.77. The lowest BCUT2D eigenvalue weighted by Gasteiger charge is -2.12. The van der Waals surface area contributed by atoms with Crippen LogP contribution in [0.4, 0.5) is 5.82 Å². The first-order valence-corrected chi connectivity index (χ1v) is 7.15. The summed E-state index contributed by atoms with van der Waals surface area (Å²) in [6.45, 7) is 6.43. The van der Waals surface area contributed by atoms with Crippen molar-refractivity contribution in [1.82, 2.24) is 10.3 Å². The van der Waals surface area contributed by atoms with Crippen molar-refractivity contribution in [3.05, 3.63) is 23.4 Å². The number of carbonyl (C=O) groups excluding carboxylic acids is 1. The lowest BCUT2D eigenvalue weighted by Crippen LogP contribution is -2.33. The number of aromatic nitrogens is 1. The second kappa shape index (κ2) is 7.79. The van der Waals surface area contributed by atoms with E-state index in [2.05, 4.69) is 15.6 Å². The molecular formula is C14H22N4OS. The van der Waals surface area contributed by atoms with Gasteiger partial charge >= 0.3 is 0 Å². The molecule has 1 aromatic rings. The highest BCUT2D eigenvalue weighted by Gasteiger charge is 2.06. The Labute approximate surface area is 125 Å². The third-order valence-corrected chi connectivity index (χ3v) is 3.15. The number of carbonyl (C=O) groups is 1. The van der Waals surface area contributed by atoms with Crippen LogP contribution in [0.3, 0.4) is 0 Å². The Morgan fingerprint density at radius 1 is 1.50 bits per heavy atom. The highest BCUT2D eigenvalue weighted by molar-refractivity contribution is 7.80. The van der Waals surface area contributed by atoms with Gasteiger partial charge in [0.15, 0.2) is 0 Å². The summed E-state index contributed by atoms with van der Waals surface area (Å²) >= 11 is 4.95. The molecule has 0 saturated heterocycles. The summed E-state index contributed by atoms with van der Waals surface area (Å²) < 4.78 is 0. The highest BCUT2D eigenvalue weighted by atomic mass is 32.1. The van der Waals surface area contributed by atoms with Crippen molar-refractivity contribution >= 4 is 28.9 Å². The van der Waals surface area contributed by atoms with Gasteiger partial charge in [-0.05, 0) is 32.4 Å². The number of pyridine rings is 1. The number of nitrogens with zero attached hydrogens (tertiary/aromatic N) is 1. The molecule has 1 unspecified atom stereocenters. The van der Waals surface area contributed by atoms with Gasteiger partial charge in [-0.3, -0.25) is 4.79 Å². The molecule has 0 radical (unpaired) electrons. The second-order valence-electron chi connectivity index (χ2n) is 4.80. The minimum Gasteiger partial charge on any atom is -0.389 e. The molecule has 0 saturated carbocycles. The molecule has 0 aliphatic carbocycles. The van der Waals surface area contributed by atoms with Crippen molar-refractivity contribution in [2.75, 3.05) is 11.9 Å². The molecule has 0 aliphatic heterocycles. The summed E-state index contributed by atoms with van der Waals surface area (Å²) in [5.74, 6) is 0.721. The first-order valence-electron chi connectivity index (χ1n) is 6.74. The van der Waals surface area contributed by atoms with Gasteiger partial charge in [-0.1, -0.05) is 19.1 Å². The van der Waals surface area contributed by atoms with Gasteiger partial charge in [0.05, 0.1) is 0 Å². The standard InChI is InChI=1S/C14H22N4OS/c1-4-9(2)18-13(19)5-6-16-12-8-11(14(15)20)7-10(3)17-12/h7-9H,4-6H2,1-3H3,(H2,15,20)(H,16,17)(H,18,19). The van der Waals surface area contributed by atoms with Gasteiger partial charge in [0.1, 0.15) is 10.8 Å². The summed E-state index contributed by atoms with van der Waals surface area (Å²) in [5, 5.41) is 6.03. The largest absolute Gasteiger partial charge is 0.389 e. The Morgan fingerprint density at radius 2 is 2.20 bits per heavy atom. The minimum absolute atomic E-state index is 0.0362. The second-order valence-corrected chi connectivity index (χ2v) is 5.24. The molecule has 0 fully saturated rings. The molecule has 1 heterocycles. The van der Waals surface area contributed by atoms with E-state index in [4.69, 9.17) is 18.0 Å². The van der Waals surface area contributed by atoms with Crippen molar-refractivity contribution in [2.24, 2.45) is 5.73 Å². The van der Waals surface area contributed by atoms with Gasteiger partial charge in [0, 0.05) is 30.3 Å².